The van der Waals surface area contributed by atoms with Crippen molar-refractivity contribution in [2.75, 3.05) is 33.3 Å². The number of hydrogen-bond acceptors (Lipinski definition) is 4. The first-order valence-electron chi connectivity index (χ1n) is 7.26. The fraction of sp³-hybridized carbons (Fsp3) is 0.929. The first kappa shape index (κ1) is 13.8. The van der Waals surface area contributed by atoms with Crippen molar-refractivity contribution in [1.29, 1.82) is 0 Å². The molecule has 0 aromatic heterocycles. The molecule has 1 N–H and O–H groups in total. The second-order valence-corrected chi connectivity index (χ2v) is 5.71. The van der Waals surface area contributed by atoms with Gasteiger partial charge in [-0.05, 0) is 38.3 Å². The van der Waals surface area contributed by atoms with E-state index >= 15 is 0 Å². The Morgan fingerprint density at radius 1 is 1.39 bits per heavy atom. The molecule has 1 saturated carbocycles. The number of nitrogens with zero attached hydrogens (tertiary/aromatic N) is 1. The van der Waals surface area contributed by atoms with Gasteiger partial charge in [-0.1, -0.05) is 13.3 Å². The smallest absolute Gasteiger partial charge is 0.310 e. The molecule has 2 aliphatic rings. The zero-order chi connectivity index (χ0) is 13.0. The number of nitrogens with one attached hydrogen (secondary N) is 1. The van der Waals surface area contributed by atoms with E-state index in [0.717, 1.165) is 38.5 Å². The van der Waals surface area contributed by atoms with Gasteiger partial charge in [0, 0.05) is 19.1 Å². The predicted octanol–water partition coefficient (Wildman–Crippen LogP) is 1.26. The van der Waals surface area contributed by atoms with Gasteiger partial charge < -0.3 is 15.0 Å². The zero-order valence-corrected chi connectivity index (χ0v) is 11.7. The number of piperidine rings is 1. The highest BCUT2D eigenvalue weighted by atomic mass is 16.5. The molecule has 2 atom stereocenters. The fourth-order valence-electron chi connectivity index (χ4n) is 2.96. The molecule has 4 nitrogen and oxygen atoms in total. The van der Waals surface area contributed by atoms with Crippen LogP contribution in [0.3, 0.4) is 0 Å². The first-order chi connectivity index (χ1) is 8.72. The molecule has 1 aliphatic carbocycles. The van der Waals surface area contributed by atoms with Crippen LogP contribution in [0, 0.1) is 11.8 Å². The summed E-state index contributed by atoms with van der Waals surface area (Å²) in [7, 11) is 1.49. The number of rotatable bonds is 5. The molecule has 2 unspecified atom stereocenters. The van der Waals surface area contributed by atoms with Crippen molar-refractivity contribution in [2.45, 2.75) is 38.6 Å². The number of ether oxygens (including phenoxy) is 1. The van der Waals surface area contributed by atoms with Gasteiger partial charge in [-0.2, -0.15) is 0 Å². The highest BCUT2D eigenvalue weighted by Gasteiger charge is 2.32. The highest BCUT2D eigenvalue weighted by Crippen LogP contribution is 2.26. The Labute approximate surface area is 110 Å². The molecule has 4 heteroatoms. The summed E-state index contributed by atoms with van der Waals surface area (Å²) in [5.74, 6) is 0.866. The summed E-state index contributed by atoms with van der Waals surface area (Å²) < 4.78 is 4.90. The van der Waals surface area contributed by atoms with Crippen LogP contribution in [0.15, 0.2) is 0 Å². The average Bonchev–Trinajstić information content (AvgIpc) is 2.35. The Morgan fingerprint density at radius 2 is 2.17 bits per heavy atom. The molecule has 0 amide bonds. The SMILES string of the molecule is CCN1CC(NCC2CCC2)CC(C(=O)OC)C1. The monoisotopic (exact) mass is 254 g/mol. The van der Waals surface area contributed by atoms with E-state index in [2.05, 4.69) is 17.1 Å². The van der Waals surface area contributed by atoms with Gasteiger partial charge in [0.05, 0.1) is 13.0 Å². The fourth-order valence-corrected chi connectivity index (χ4v) is 2.96. The van der Waals surface area contributed by atoms with Gasteiger partial charge in [0.15, 0.2) is 0 Å². The minimum absolute atomic E-state index is 0.0441. The van der Waals surface area contributed by atoms with E-state index in [1.807, 2.05) is 0 Å². The van der Waals surface area contributed by atoms with E-state index in [9.17, 15) is 4.79 Å². The molecular weight excluding hydrogens is 228 g/mol. The molecule has 2 fully saturated rings. The summed E-state index contributed by atoms with van der Waals surface area (Å²) in [5.41, 5.74) is 0. The van der Waals surface area contributed by atoms with Crippen LogP contribution in [0.5, 0.6) is 0 Å². The topological polar surface area (TPSA) is 41.6 Å². The maximum atomic E-state index is 11.7. The van der Waals surface area contributed by atoms with Crippen LogP contribution >= 0.6 is 0 Å². The number of esters is 1. The van der Waals surface area contributed by atoms with E-state index in [1.54, 1.807) is 0 Å². The lowest BCUT2D eigenvalue weighted by molar-refractivity contribution is -0.147. The lowest BCUT2D eigenvalue weighted by Crippen LogP contribution is -2.52. The van der Waals surface area contributed by atoms with Crippen molar-refractivity contribution in [3.63, 3.8) is 0 Å². The minimum atomic E-state index is -0.0522. The Kier molecular flexibility index (Phi) is 5.01. The van der Waals surface area contributed by atoms with Crippen molar-refractivity contribution in [3.8, 4) is 0 Å². The Hall–Kier alpha value is -0.610. The normalized spacial score (nSPS) is 29.9. The molecule has 1 saturated heterocycles. The average molecular weight is 254 g/mol. The quantitative estimate of drug-likeness (QED) is 0.750. The molecule has 0 bridgehead atoms. The van der Waals surface area contributed by atoms with Crippen LogP contribution in [-0.4, -0.2) is 50.2 Å². The third-order valence-electron chi connectivity index (χ3n) is 4.43. The lowest BCUT2D eigenvalue weighted by Gasteiger charge is -2.37. The number of carbonyl (C=O) groups is 1. The number of hydrogen-bond donors (Lipinski definition) is 1. The van der Waals surface area contributed by atoms with Crippen molar-refractivity contribution in [1.82, 2.24) is 10.2 Å². The van der Waals surface area contributed by atoms with Gasteiger partial charge in [-0.15, -0.1) is 0 Å². The van der Waals surface area contributed by atoms with Crippen LogP contribution in [0.25, 0.3) is 0 Å². The van der Waals surface area contributed by atoms with Crippen molar-refractivity contribution >= 4 is 5.97 Å². The zero-order valence-electron chi connectivity index (χ0n) is 11.7. The van der Waals surface area contributed by atoms with Crippen LogP contribution in [0.4, 0.5) is 0 Å². The molecule has 0 aromatic rings. The van der Waals surface area contributed by atoms with Gasteiger partial charge in [-0.25, -0.2) is 0 Å². The largest absolute Gasteiger partial charge is 0.469 e. The molecular formula is C14H26N2O2. The second-order valence-electron chi connectivity index (χ2n) is 5.71. The summed E-state index contributed by atoms with van der Waals surface area (Å²) in [5, 5.41) is 3.65. The summed E-state index contributed by atoms with van der Waals surface area (Å²) in [4.78, 5) is 14.1. The Morgan fingerprint density at radius 3 is 2.72 bits per heavy atom. The van der Waals surface area contributed by atoms with Gasteiger partial charge in [0.25, 0.3) is 0 Å². The molecule has 1 aliphatic heterocycles. The first-order valence-corrected chi connectivity index (χ1v) is 7.26. The molecule has 2 rings (SSSR count). The van der Waals surface area contributed by atoms with E-state index < -0.39 is 0 Å². The van der Waals surface area contributed by atoms with E-state index in [1.165, 1.54) is 26.4 Å². The van der Waals surface area contributed by atoms with Crippen LogP contribution in [0.1, 0.15) is 32.6 Å². The minimum Gasteiger partial charge on any atom is -0.469 e. The molecule has 0 radical (unpaired) electrons. The van der Waals surface area contributed by atoms with E-state index in [4.69, 9.17) is 4.74 Å². The molecule has 0 spiro atoms. The van der Waals surface area contributed by atoms with Crippen LogP contribution < -0.4 is 5.32 Å². The highest BCUT2D eigenvalue weighted by molar-refractivity contribution is 5.72. The molecule has 0 aromatic carbocycles. The maximum Gasteiger partial charge on any atom is 0.310 e. The van der Waals surface area contributed by atoms with Crippen LogP contribution in [0.2, 0.25) is 0 Å². The number of methoxy groups -OCH3 is 1. The van der Waals surface area contributed by atoms with Gasteiger partial charge in [-0.3, -0.25) is 4.79 Å². The summed E-state index contributed by atoms with van der Waals surface area (Å²) in [6.07, 6.45) is 5.06. The third kappa shape index (κ3) is 3.45. The van der Waals surface area contributed by atoms with Crippen molar-refractivity contribution in [3.05, 3.63) is 0 Å². The van der Waals surface area contributed by atoms with E-state index in [0.29, 0.717) is 6.04 Å². The predicted molar refractivity (Wildman–Crippen MR) is 71.4 cm³/mol. The van der Waals surface area contributed by atoms with Crippen LogP contribution in [-0.2, 0) is 9.53 Å². The summed E-state index contributed by atoms with van der Waals surface area (Å²) >= 11 is 0. The molecule has 1 heterocycles. The third-order valence-corrected chi connectivity index (χ3v) is 4.43. The maximum absolute atomic E-state index is 11.7. The Balaban J connectivity index is 1.82. The van der Waals surface area contributed by atoms with Crippen molar-refractivity contribution < 1.29 is 9.53 Å². The van der Waals surface area contributed by atoms with Crippen molar-refractivity contribution in [2.24, 2.45) is 11.8 Å². The summed E-state index contributed by atoms with van der Waals surface area (Å²) in [6, 6.07) is 0.448. The van der Waals surface area contributed by atoms with Gasteiger partial charge >= 0.3 is 5.97 Å². The number of likely N-dealkylation sites (tertiary alicyclic amines) is 1. The summed E-state index contributed by atoms with van der Waals surface area (Å²) in [6.45, 7) is 6.20. The number of carbonyl (C=O) groups excluding carboxylic acids is 1. The standard InChI is InChI=1S/C14H26N2O2/c1-3-16-9-12(14(17)18-2)7-13(10-16)15-8-11-5-4-6-11/h11-13,15H,3-10H2,1-2H3. The van der Waals surface area contributed by atoms with E-state index in [-0.39, 0.29) is 11.9 Å². The second kappa shape index (κ2) is 6.53. The number of likely N-dealkylation sites (N-methyl/N-ethyl adjacent to an activating group) is 1. The van der Waals surface area contributed by atoms with Gasteiger partial charge in [0.1, 0.15) is 0 Å². The Bertz CT molecular complexity index is 279. The van der Waals surface area contributed by atoms with Gasteiger partial charge in [0.2, 0.25) is 0 Å². The lowest BCUT2D eigenvalue weighted by atomic mass is 9.85. The molecule has 104 valence electrons. The molecule has 18 heavy (non-hydrogen) atoms.